The predicted molar refractivity (Wildman–Crippen MR) is 91.1 cm³/mol. The molecule has 0 spiro atoms. The van der Waals surface area contributed by atoms with Gasteiger partial charge in [0.1, 0.15) is 12.1 Å². The van der Waals surface area contributed by atoms with Gasteiger partial charge in [0.05, 0.1) is 0 Å². The second-order valence-corrected chi connectivity index (χ2v) is 6.57. The quantitative estimate of drug-likeness (QED) is 0.862. The summed E-state index contributed by atoms with van der Waals surface area (Å²) in [5.41, 5.74) is 2.83. The Bertz CT molecular complexity index is 654. The fourth-order valence-electron chi connectivity index (χ4n) is 3.33. The average Bonchev–Trinajstić information content (AvgIpc) is 2.92. The highest BCUT2D eigenvalue weighted by molar-refractivity contribution is 5.83. The summed E-state index contributed by atoms with van der Waals surface area (Å²) >= 11 is 0. The van der Waals surface area contributed by atoms with E-state index >= 15 is 0 Å². The third kappa shape index (κ3) is 3.45. The molecule has 23 heavy (non-hydrogen) atoms. The third-order valence-electron chi connectivity index (χ3n) is 4.27. The molecule has 0 saturated heterocycles. The first kappa shape index (κ1) is 15.8. The molecule has 0 aromatic heterocycles. The third-order valence-corrected chi connectivity index (χ3v) is 4.27. The van der Waals surface area contributed by atoms with Crippen LogP contribution in [0.5, 0.6) is 0 Å². The summed E-state index contributed by atoms with van der Waals surface area (Å²) in [6.07, 6.45) is 1.38. The average molecular weight is 309 g/mol. The van der Waals surface area contributed by atoms with Crippen molar-refractivity contribution in [1.29, 1.82) is 0 Å². The molecule has 1 N–H and O–H groups in total. The number of hydrogen-bond donors (Lipinski definition) is 1. The summed E-state index contributed by atoms with van der Waals surface area (Å²) in [5, 5.41) is 3.46. The molecule has 0 unspecified atom stereocenters. The zero-order valence-corrected chi connectivity index (χ0v) is 13.7. The summed E-state index contributed by atoms with van der Waals surface area (Å²) in [6, 6.07) is 18.3. The van der Waals surface area contributed by atoms with Crippen LogP contribution in [0.15, 0.2) is 54.6 Å². The first-order valence-electron chi connectivity index (χ1n) is 8.15. The van der Waals surface area contributed by atoms with E-state index in [0.29, 0.717) is 19.4 Å². The van der Waals surface area contributed by atoms with Gasteiger partial charge in [-0.05, 0) is 30.5 Å². The molecule has 1 aliphatic carbocycles. The zero-order chi connectivity index (χ0) is 16.3. The van der Waals surface area contributed by atoms with Gasteiger partial charge in [0.25, 0.3) is 0 Å². The monoisotopic (exact) mass is 309 g/mol. The molecule has 2 aromatic carbocycles. The number of esters is 1. The van der Waals surface area contributed by atoms with E-state index in [1.54, 1.807) is 0 Å². The van der Waals surface area contributed by atoms with E-state index in [0.717, 1.165) is 5.56 Å². The maximum atomic E-state index is 12.9. The van der Waals surface area contributed by atoms with Crippen molar-refractivity contribution < 1.29 is 9.53 Å². The van der Waals surface area contributed by atoms with Crippen molar-refractivity contribution in [2.45, 2.75) is 44.9 Å². The zero-order valence-electron chi connectivity index (χ0n) is 13.7. The van der Waals surface area contributed by atoms with Crippen LogP contribution in [0.1, 0.15) is 30.5 Å². The molecule has 0 aliphatic heterocycles. The van der Waals surface area contributed by atoms with Crippen LogP contribution in [0, 0.1) is 0 Å². The SMILES string of the molecule is CC(C)NC1(C(=O)OCc2ccccc2)Cc2ccccc2C1. The smallest absolute Gasteiger partial charge is 0.327 e. The maximum absolute atomic E-state index is 12.9. The molecule has 3 heteroatoms. The molecule has 0 amide bonds. The van der Waals surface area contributed by atoms with Crippen molar-refractivity contribution in [3.05, 3.63) is 71.3 Å². The normalized spacial score (nSPS) is 15.4. The molecule has 120 valence electrons. The van der Waals surface area contributed by atoms with Crippen LogP contribution in [0.25, 0.3) is 0 Å². The maximum Gasteiger partial charge on any atom is 0.327 e. The molecule has 1 aliphatic rings. The topological polar surface area (TPSA) is 38.3 Å². The largest absolute Gasteiger partial charge is 0.459 e. The van der Waals surface area contributed by atoms with E-state index in [1.807, 2.05) is 42.5 Å². The second-order valence-electron chi connectivity index (χ2n) is 6.57. The van der Waals surface area contributed by atoms with Gasteiger partial charge >= 0.3 is 5.97 Å². The Morgan fingerprint density at radius 3 is 2.17 bits per heavy atom. The number of benzene rings is 2. The highest BCUT2D eigenvalue weighted by Gasteiger charge is 2.45. The second kappa shape index (κ2) is 6.55. The van der Waals surface area contributed by atoms with Crippen LogP contribution in [0.3, 0.4) is 0 Å². The van der Waals surface area contributed by atoms with E-state index in [2.05, 4.69) is 31.3 Å². The van der Waals surface area contributed by atoms with E-state index < -0.39 is 5.54 Å². The summed E-state index contributed by atoms with van der Waals surface area (Å²) in [4.78, 5) is 12.9. The van der Waals surface area contributed by atoms with E-state index in [1.165, 1.54) is 11.1 Å². The lowest BCUT2D eigenvalue weighted by atomic mass is 9.94. The highest BCUT2D eigenvalue weighted by atomic mass is 16.5. The van der Waals surface area contributed by atoms with Gasteiger partial charge in [-0.25, -0.2) is 0 Å². The Morgan fingerprint density at radius 1 is 1.04 bits per heavy atom. The summed E-state index contributed by atoms with van der Waals surface area (Å²) in [5.74, 6) is -0.161. The molecule has 0 atom stereocenters. The van der Waals surface area contributed by atoms with Crippen LogP contribution < -0.4 is 5.32 Å². The van der Waals surface area contributed by atoms with Gasteiger partial charge < -0.3 is 4.74 Å². The van der Waals surface area contributed by atoms with Gasteiger partial charge in [-0.2, -0.15) is 0 Å². The summed E-state index contributed by atoms with van der Waals surface area (Å²) < 4.78 is 5.65. The van der Waals surface area contributed by atoms with Crippen molar-refractivity contribution in [2.24, 2.45) is 0 Å². The minimum Gasteiger partial charge on any atom is -0.459 e. The fourth-order valence-corrected chi connectivity index (χ4v) is 3.33. The number of hydrogen-bond acceptors (Lipinski definition) is 3. The number of rotatable bonds is 5. The summed E-state index contributed by atoms with van der Waals surface area (Å²) in [6.45, 7) is 4.45. The minimum atomic E-state index is -0.646. The Morgan fingerprint density at radius 2 is 1.61 bits per heavy atom. The Hall–Kier alpha value is -2.13. The van der Waals surface area contributed by atoms with Crippen LogP contribution in [0.4, 0.5) is 0 Å². The molecule has 0 fully saturated rings. The molecular weight excluding hydrogens is 286 g/mol. The first-order valence-corrected chi connectivity index (χ1v) is 8.15. The molecule has 3 nitrogen and oxygen atoms in total. The number of nitrogens with one attached hydrogen (secondary N) is 1. The minimum absolute atomic E-state index is 0.161. The lowest BCUT2D eigenvalue weighted by molar-refractivity contribution is -0.153. The van der Waals surface area contributed by atoms with E-state index in [4.69, 9.17) is 4.74 Å². The van der Waals surface area contributed by atoms with Crippen molar-refractivity contribution >= 4 is 5.97 Å². The van der Waals surface area contributed by atoms with Gasteiger partial charge in [-0.1, -0.05) is 54.6 Å². The van der Waals surface area contributed by atoms with Crippen molar-refractivity contribution in [1.82, 2.24) is 5.32 Å². The first-order chi connectivity index (χ1) is 11.1. The fraction of sp³-hybridized carbons (Fsp3) is 0.350. The molecule has 0 radical (unpaired) electrons. The standard InChI is InChI=1S/C20H23NO2/c1-15(2)21-20(12-17-10-6-7-11-18(17)13-20)19(22)23-14-16-8-4-3-5-9-16/h3-11,15,21H,12-14H2,1-2H3. The summed E-state index contributed by atoms with van der Waals surface area (Å²) in [7, 11) is 0. The lowest BCUT2D eigenvalue weighted by Crippen LogP contribution is -2.56. The number of carbonyl (C=O) groups is 1. The Balaban J connectivity index is 1.76. The molecule has 2 aromatic rings. The van der Waals surface area contributed by atoms with E-state index in [9.17, 15) is 4.79 Å². The van der Waals surface area contributed by atoms with Crippen LogP contribution in [-0.2, 0) is 29.0 Å². The number of carbonyl (C=O) groups excluding carboxylic acids is 1. The van der Waals surface area contributed by atoms with E-state index in [-0.39, 0.29) is 12.0 Å². The van der Waals surface area contributed by atoms with Crippen LogP contribution >= 0.6 is 0 Å². The van der Waals surface area contributed by atoms with Gasteiger partial charge in [0, 0.05) is 18.9 Å². The van der Waals surface area contributed by atoms with Gasteiger partial charge in [0.15, 0.2) is 0 Å². The van der Waals surface area contributed by atoms with Gasteiger partial charge in [0.2, 0.25) is 0 Å². The van der Waals surface area contributed by atoms with Crippen LogP contribution in [-0.4, -0.2) is 17.6 Å². The molecule has 0 saturated carbocycles. The highest BCUT2D eigenvalue weighted by Crippen LogP contribution is 2.31. The number of ether oxygens (including phenoxy) is 1. The van der Waals surface area contributed by atoms with Gasteiger partial charge in [-0.3, -0.25) is 10.1 Å². The molecule has 0 heterocycles. The number of fused-ring (bicyclic) bond motifs is 1. The Labute approximate surface area is 137 Å². The molecule has 0 bridgehead atoms. The van der Waals surface area contributed by atoms with Crippen molar-refractivity contribution in [2.75, 3.05) is 0 Å². The lowest BCUT2D eigenvalue weighted by Gasteiger charge is -2.30. The van der Waals surface area contributed by atoms with Crippen molar-refractivity contribution in [3.8, 4) is 0 Å². The van der Waals surface area contributed by atoms with Crippen molar-refractivity contribution in [3.63, 3.8) is 0 Å². The Kier molecular flexibility index (Phi) is 4.49. The van der Waals surface area contributed by atoms with Crippen LogP contribution in [0.2, 0.25) is 0 Å². The van der Waals surface area contributed by atoms with Gasteiger partial charge in [-0.15, -0.1) is 0 Å². The predicted octanol–water partition coefficient (Wildman–Crippen LogP) is 3.27. The molecular formula is C20H23NO2. The molecule has 3 rings (SSSR count).